The van der Waals surface area contributed by atoms with E-state index >= 15 is 0 Å². The SMILES string of the molecule is O=C(CSc1nc2c(c(=O)[nH]1)CCCC2)N1CCCCC1. The Morgan fingerprint density at radius 3 is 2.71 bits per heavy atom. The second-order valence-corrected chi connectivity index (χ2v) is 6.70. The van der Waals surface area contributed by atoms with Crippen molar-refractivity contribution in [3.63, 3.8) is 0 Å². The molecule has 1 amide bonds. The lowest BCUT2D eigenvalue weighted by Gasteiger charge is -2.26. The van der Waals surface area contributed by atoms with Gasteiger partial charge in [-0.3, -0.25) is 9.59 Å². The summed E-state index contributed by atoms with van der Waals surface area (Å²) >= 11 is 1.35. The Bertz CT molecular complexity index is 579. The van der Waals surface area contributed by atoms with Gasteiger partial charge in [-0.05, 0) is 44.9 Å². The van der Waals surface area contributed by atoms with Gasteiger partial charge in [0.1, 0.15) is 0 Å². The Balaban J connectivity index is 1.64. The van der Waals surface area contributed by atoms with Crippen LogP contribution in [0.1, 0.15) is 43.4 Å². The molecule has 0 atom stereocenters. The fraction of sp³-hybridized carbons (Fsp3) is 0.667. The molecule has 1 aromatic rings. The Hall–Kier alpha value is -1.30. The van der Waals surface area contributed by atoms with E-state index in [1.54, 1.807) is 0 Å². The number of carbonyl (C=O) groups is 1. The van der Waals surface area contributed by atoms with Crippen molar-refractivity contribution in [2.24, 2.45) is 0 Å². The number of H-pyrrole nitrogens is 1. The molecule has 1 aliphatic carbocycles. The summed E-state index contributed by atoms with van der Waals surface area (Å²) in [4.78, 5) is 33.4. The zero-order chi connectivity index (χ0) is 14.7. The first-order chi connectivity index (χ1) is 10.2. The number of hydrogen-bond donors (Lipinski definition) is 1. The molecular formula is C15H21N3O2S. The Labute approximate surface area is 128 Å². The molecule has 0 radical (unpaired) electrons. The first-order valence-electron chi connectivity index (χ1n) is 7.76. The zero-order valence-electron chi connectivity index (χ0n) is 12.2. The van der Waals surface area contributed by atoms with E-state index in [-0.39, 0.29) is 11.5 Å². The number of aryl methyl sites for hydroxylation is 1. The molecule has 0 spiro atoms. The number of amides is 1. The van der Waals surface area contributed by atoms with Crippen LogP contribution >= 0.6 is 11.8 Å². The smallest absolute Gasteiger partial charge is 0.254 e. The van der Waals surface area contributed by atoms with E-state index in [2.05, 4.69) is 9.97 Å². The van der Waals surface area contributed by atoms with E-state index in [9.17, 15) is 9.59 Å². The van der Waals surface area contributed by atoms with Gasteiger partial charge < -0.3 is 9.88 Å². The normalized spacial score (nSPS) is 18.4. The van der Waals surface area contributed by atoms with Crippen LogP contribution in [0.3, 0.4) is 0 Å². The first kappa shape index (κ1) is 14.6. The van der Waals surface area contributed by atoms with Crippen LogP contribution in [0.15, 0.2) is 9.95 Å². The molecule has 1 fully saturated rings. The number of likely N-dealkylation sites (tertiary alicyclic amines) is 1. The molecule has 114 valence electrons. The molecule has 1 aromatic heterocycles. The summed E-state index contributed by atoms with van der Waals surface area (Å²) in [5.74, 6) is 0.516. The second-order valence-electron chi connectivity index (χ2n) is 5.73. The predicted molar refractivity (Wildman–Crippen MR) is 82.7 cm³/mol. The Kier molecular flexibility index (Phi) is 4.63. The predicted octanol–water partition coefficient (Wildman–Crippen LogP) is 1.75. The van der Waals surface area contributed by atoms with Crippen molar-refractivity contribution in [3.8, 4) is 0 Å². The van der Waals surface area contributed by atoms with Crippen LogP contribution in [-0.2, 0) is 17.6 Å². The highest BCUT2D eigenvalue weighted by atomic mass is 32.2. The zero-order valence-corrected chi connectivity index (χ0v) is 13.0. The second kappa shape index (κ2) is 6.64. The molecule has 2 aliphatic rings. The fourth-order valence-electron chi connectivity index (χ4n) is 3.01. The standard InChI is InChI=1S/C15H21N3O2S/c19-13(18-8-4-1-5-9-18)10-21-15-16-12-7-3-2-6-11(12)14(20)17-15/h1-10H2,(H,16,17,20). The number of hydrogen-bond acceptors (Lipinski definition) is 4. The van der Waals surface area contributed by atoms with E-state index in [4.69, 9.17) is 0 Å². The molecule has 2 heterocycles. The summed E-state index contributed by atoms with van der Waals surface area (Å²) in [7, 11) is 0. The van der Waals surface area contributed by atoms with Gasteiger partial charge >= 0.3 is 0 Å². The Morgan fingerprint density at radius 1 is 1.14 bits per heavy atom. The highest BCUT2D eigenvalue weighted by Crippen LogP contribution is 2.20. The lowest BCUT2D eigenvalue weighted by atomic mass is 9.97. The third kappa shape index (κ3) is 3.48. The van der Waals surface area contributed by atoms with Crippen molar-refractivity contribution in [2.75, 3.05) is 18.8 Å². The van der Waals surface area contributed by atoms with Gasteiger partial charge in [-0.1, -0.05) is 11.8 Å². The fourth-order valence-corrected chi connectivity index (χ4v) is 3.80. The van der Waals surface area contributed by atoms with E-state index < -0.39 is 0 Å². The lowest BCUT2D eigenvalue weighted by Crippen LogP contribution is -2.36. The monoisotopic (exact) mass is 307 g/mol. The van der Waals surface area contributed by atoms with Crippen LogP contribution in [0.4, 0.5) is 0 Å². The lowest BCUT2D eigenvalue weighted by molar-refractivity contribution is -0.129. The topological polar surface area (TPSA) is 66.1 Å². The summed E-state index contributed by atoms with van der Waals surface area (Å²) in [6, 6.07) is 0. The van der Waals surface area contributed by atoms with Crippen LogP contribution in [0.25, 0.3) is 0 Å². The van der Waals surface area contributed by atoms with Crippen LogP contribution in [0.5, 0.6) is 0 Å². The third-order valence-electron chi connectivity index (χ3n) is 4.21. The van der Waals surface area contributed by atoms with E-state index in [0.717, 1.165) is 62.9 Å². The van der Waals surface area contributed by atoms with E-state index in [1.165, 1.54) is 18.2 Å². The number of nitrogens with zero attached hydrogens (tertiary/aromatic N) is 2. The van der Waals surface area contributed by atoms with Gasteiger partial charge in [0.05, 0.1) is 11.4 Å². The molecule has 3 rings (SSSR count). The summed E-state index contributed by atoms with van der Waals surface area (Å²) in [6.07, 6.45) is 7.30. The van der Waals surface area contributed by atoms with Crippen molar-refractivity contribution >= 4 is 17.7 Å². The number of carbonyl (C=O) groups excluding carboxylic acids is 1. The van der Waals surface area contributed by atoms with Crippen molar-refractivity contribution in [3.05, 3.63) is 21.6 Å². The molecule has 0 aromatic carbocycles. The third-order valence-corrected chi connectivity index (χ3v) is 5.07. The number of rotatable bonds is 3. The van der Waals surface area contributed by atoms with Crippen molar-refractivity contribution in [2.45, 2.75) is 50.1 Å². The molecule has 0 unspecified atom stereocenters. The molecule has 0 bridgehead atoms. The summed E-state index contributed by atoms with van der Waals surface area (Å²) in [6.45, 7) is 1.74. The van der Waals surface area contributed by atoms with Crippen molar-refractivity contribution in [1.29, 1.82) is 0 Å². The molecule has 1 N–H and O–H groups in total. The van der Waals surface area contributed by atoms with Crippen LogP contribution in [0, 0.1) is 0 Å². The van der Waals surface area contributed by atoms with Crippen LogP contribution in [0.2, 0.25) is 0 Å². The van der Waals surface area contributed by atoms with Gasteiger partial charge in [0, 0.05) is 18.7 Å². The molecule has 21 heavy (non-hydrogen) atoms. The quantitative estimate of drug-likeness (QED) is 0.682. The van der Waals surface area contributed by atoms with Crippen LogP contribution in [-0.4, -0.2) is 39.6 Å². The van der Waals surface area contributed by atoms with Gasteiger partial charge in [-0.2, -0.15) is 0 Å². The van der Waals surface area contributed by atoms with Gasteiger partial charge in [-0.25, -0.2) is 4.98 Å². The largest absolute Gasteiger partial charge is 0.342 e. The summed E-state index contributed by atoms with van der Waals surface area (Å²) in [5, 5.41) is 0.589. The van der Waals surface area contributed by atoms with Crippen LogP contribution < -0.4 is 5.56 Å². The first-order valence-corrected chi connectivity index (χ1v) is 8.75. The summed E-state index contributed by atoms with van der Waals surface area (Å²) < 4.78 is 0. The maximum absolute atomic E-state index is 12.1. The van der Waals surface area contributed by atoms with Gasteiger partial charge in [0.25, 0.3) is 5.56 Å². The minimum atomic E-state index is -0.0207. The van der Waals surface area contributed by atoms with Crippen molar-refractivity contribution in [1.82, 2.24) is 14.9 Å². The minimum absolute atomic E-state index is 0.0207. The number of aromatic nitrogens is 2. The number of thioether (sulfide) groups is 1. The summed E-state index contributed by atoms with van der Waals surface area (Å²) in [5.41, 5.74) is 1.75. The van der Waals surface area contributed by atoms with Gasteiger partial charge in [-0.15, -0.1) is 0 Å². The van der Waals surface area contributed by atoms with Gasteiger partial charge in [0.2, 0.25) is 5.91 Å². The molecular weight excluding hydrogens is 286 g/mol. The number of aromatic amines is 1. The maximum atomic E-state index is 12.1. The Morgan fingerprint density at radius 2 is 1.90 bits per heavy atom. The average Bonchev–Trinajstić information content (AvgIpc) is 2.53. The molecule has 5 nitrogen and oxygen atoms in total. The maximum Gasteiger partial charge on any atom is 0.254 e. The molecule has 0 saturated carbocycles. The van der Waals surface area contributed by atoms with Crippen molar-refractivity contribution < 1.29 is 4.79 Å². The number of piperidine rings is 1. The minimum Gasteiger partial charge on any atom is -0.342 e. The van der Waals surface area contributed by atoms with Gasteiger partial charge in [0.15, 0.2) is 5.16 Å². The highest BCUT2D eigenvalue weighted by Gasteiger charge is 2.19. The molecule has 6 heteroatoms. The molecule has 1 aliphatic heterocycles. The number of fused-ring (bicyclic) bond motifs is 1. The molecule has 1 saturated heterocycles. The van der Waals surface area contributed by atoms with E-state index in [0.29, 0.717) is 10.9 Å². The number of nitrogens with one attached hydrogen (secondary N) is 1. The highest BCUT2D eigenvalue weighted by molar-refractivity contribution is 7.99. The average molecular weight is 307 g/mol. The van der Waals surface area contributed by atoms with E-state index in [1.807, 2.05) is 4.90 Å².